The van der Waals surface area contributed by atoms with Crippen molar-refractivity contribution in [2.45, 2.75) is 103 Å². The van der Waals surface area contributed by atoms with Crippen LogP contribution >= 0.6 is 0 Å². The van der Waals surface area contributed by atoms with Gasteiger partial charge in [0.25, 0.3) is 5.91 Å². The molecule has 1 aromatic rings. The minimum atomic E-state index is -0.943. The third-order valence-electron chi connectivity index (χ3n) is 10.3. The lowest BCUT2D eigenvalue weighted by atomic mass is 9.87. The van der Waals surface area contributed by atoms with Crippen molar-refractivity contribution in [2.24, 2.45) is 29.6 Å². The molecule has 3 aliphatic carbocycles. The van der Waals surface area contributed by atoms with Gasteiger partial charge in [-0.2, -0.15) is 0 Å². The normalized spacial score (nSPS) is 26.2. The van der Waals surface area contributed by atoms with Crippen LogP contribution in [0.5, 0.6) is 0 Å². The number of Topliss-reactive ketones (excluding diaryl/α,β-unsaturated/α-hetero) is 1. The van der Waals surface area contributed by atoms with Gasteiger partial charge in [0.05, 0.1) is 6.04 Å². The lowest BCUT2D eigenvalue weighted by Gasteiger charge is -2.34. The number of hydrogen-bond donors (Lipinski definition) is 3. The topological polar surface area (TPSA) is 134 Å². The monoisotopic (exact) mass is 608 g/mol. The van der Waals surface area contributed by atoms with Crippen LogP contribution < -0.4 is 16.0 Å². The van der Waals surface area contributed by atoms with Crippen molar-refractivity contribution in [1.29, 1.82) is 0 Å². The number of likely N-dealkylation sites (N-methyl/N-ethyl adjacent to an activating group) is 1. The fourth-order valence-corrected chi connectivity index (χ4v) is 7.53. The van der Waals surface area contributed by atoms with E-state index in [4.69, 9.17) is 4.74 Å². The van der Waals surface area contributed by atoms with E-state index in [1.54, 1.807) is 4.90 Å². The third-order valence-corrected chi connectivity index (χ3v) is 10.3. The van der Waals surface area contributed by atoms with Crippen molar-refractivity contribution < 1.29 is 28.7 Å². The number of likely N-dealkylation sites (tertiary alicyclic amines) is 1. The molecule has 1 unspecified atom stereocenters. The molecule has 4 amide bonds. The Hall–Kier alpha value is -3.43. The van der Waals surface area contributed by atoms with E-state index < -0.39 is 41.8 Å². The number of ketones is 1. The highest BCUT2D eigenvalue weighted by Crippen LogP contribution is 2.36. The van der Waals surface area contributed by atoms with Crippen LogP contribution in [0.1, 0.15) is 76.8 Å². The summed E-state index contributed by atoms with van der Waals surface area (Å²) in [5.41, 5.74) is 2.31. The Morgan fingerprint density at radius 2 is 1.64 bits per heavy atom. The number of carbonyl (C=O) groups is 5. The van der Waals surface area contributed by atoms with Crippen molar-refractivity contribution in [2.75, 3.05) is 13.6 Å². The Balaban J connectivity index is 1.38. The zero-order valence-electron chi connectivity index (χ0n) is 26.5. The molecule has 1 aliphatic heterocycles. The molecule has 3 N–H and O–H groups in total. The van der Waals surface area contributed by atoms with Gasteiger partial charge < -0.3 is 25.6 Å². The summed E-state index contributed by atoms with van der Waals surface area (Å²) in [4.78, 5) is 68.6. The smallest absolute Gasteiger partial charge is 0.408 e. The fraction of sp³-hybridized carbons (Fsp3) is 0.676. The second-order valence-corrected chi connectivity index (χ2v) is 13.8. The van der Waals surface area contributed by atoms with Gasteiger partial charge in [-0.3, -0.25) is 19.2 Å². The number of alkyl carbamates (subject to hydrolysis) is 1. The molecule has 1 heterocycles. The van der Waals surface area contributed by atoms with Gasteiger partial charge in [-0.1, -0.05) is 57.9 Å². The first-order valence-corrected chi connectivity index (χ1v) is 16.5. The first kappa shape index (κ1) is 32.0. The van der Waals surface area contributed by atoms with Gasteiger partial charge in [-0.15, -0.1) is 0 Å². The maximum absolute atomic E-state index is 14.5. The minimum Gasteiger partial charge on any atom is -0.446 e. The van der Waals surface area contributed by atoms with Crippen LogP contribution in [0.15, 0.2) is 24.3 Å². The molecule has 5 rings (SSSR count). The van der Waals surface area contributed by atoms with E-state index in [-0.39, 0.29) is 35.7 Å². The highest BCUT2D eigenvalue weighted by molar-refractivity contribution is 6.38. The van der Waals surface area contributed by atoms with Crippen LogP contribution in [0.4, 0.5) is 4.79 Å². The fourth-order valence-electron chi connectivity index (χ4n) is 7.53. The van der Waals surface area contributed by atoms with Gasteiger partial charge >= 0.3 is 6.09 Å². The second kappa shape index (κ2) is 13.7. The summed E-state index contributed by atoms with van der Waals surface area (Å²) in [6, 6.07) is 5.44. The third kappa shape index (κ3) is 7.10. The van der Waals surface area contributed by atoms with E-state index in [2.05, 4.69) is 35.0 Å². The summed E-state index contributed by atoms with van der Waals surface area (Å²) in [5.74, 6) is -1.81. The lowest BCUT2D eigenvalue weighted by molar-refractivity contribution is -0.144. The van der Waals surface area contributed by atoms with Gasteiger partial charge in [0.15, 0.2) is 0 Å². The van der Waals surface area contributed by atoms with E-state index in [0.29, 0.717) is 38.1 Å². The average Bonchev–Trinajstić information content (AvgIpc) is 3.36. The first-order valence-electron chi connectivity index (χ1n) is 16.5. The van der Waals surface area contributed by atoms with E-state index in [1.165, 1.54) is 7.05 Å². The molecule has 1 aromatic carbocycles. The summed E-state index contributed by atoms with van der Waals surface area (Å²) < 4.78 is 5.82. The molecule has 0 bridgehead atoms. The van der Waals surface area contributed by atoms with Crippen molar-refractivity contribution in [1.82, 2.24) is 20.9 Å². The Morgan fingerprint density at radius 3 is 2.20 bits per heavy atom. The maximum Gasteiger partial charge on any atom is 0.408 e. The van der Waals surface area contributed by atoms with Gasteiger partial charge in [0, 0.05) is 13.6 Å². The molecule has 10 heteroatoms. The summed E-state index contributed by atoms with van der Waals surface area (Å²) in [5, 5.41) is 8.20. The predicted octanol–water partition coefficient (Wildman–Crippen LogP) is 3.16. The molecule has 6 atom stereocenters. The molecule has 0 spiro atoms. The number of nitrogens with zero attached hydrogens (tertiary/aromatic N) is 1. The van der Waals surface area contributed by atoms with Crippen LogP contribution in [0, 0.1) is 29.6 Å². The Morgan fingerprint density at radius 1 is 0.955 bits per heavy atom. The van der Waals surface area contributed by atoms with E-state index >= 15 is 0 Å². The summed E-state index contributed by atoms with van der Waals surface area (Å²) in [6.07, 6.45) is 6.26. The maximum atomic E-state index is 14.5. The number of nitrogens with one attached hydrogen (secondary N) is 3. The van der Waals surface area contributed by atoms with Gasteiger partial charge in [0.1, 0.15) is 18.2 Å². The zero-order valence-corrected chi connectivity index (χ0v) is 26.5. The molecule has 2 saturated carbocycles. The SMILES string of the molecule is CNC(=O)C(=O)C(CC1CC1)NC(=O)[C@@H]1[C@@H](C(C)C)CCN1C(=O)[C@@H](NC(=O)O[C@H]1CCC[C@@H]1C)C1Cc2ccccc2C1. The number of hydrogen-bond acceptors (Lipinski definition) is 6. The summed E-state index contributed by atoms with van der Waals surface area (Å²) in [7, 11) is 1.40. The molecule has 1 saturated heterocycles. The molecule has 44 heavy (non-hydrogen) atoms. The molecule has 0 aromatic heterocycles. The van der Waals surface area contributed by atoms with Crippen LogP contribution in [-0.2, 0) is 36.8 Å². The van der Waals surface area contributed by atoms with Gasteiger partial charge in [-0.25, -0.2) is 4.79 Å². The average molecular weight is 609 g/mol. The minimum absolute atomic E-state index is 0.0936. The standard InChI is InChI=1S/C34H48N4O6/c1-19(2)25-14-15-38(29(25)31(40)36-26(16-21-12-13-21)30(39)32(41)35-4)33(42)28(24-17-22-9-5-6-10-23(22)18-24)37-34(43)44-27-11-7-8-20(27)3/h5-6,9-10,19-21,24-29H,7-8,11-18H2,1-4H3,(H,35,41)(H,36,40)(H,37,43)/t20-,25+,26?,27-,28-,29-/m0/s1. The molecule has 10 nitrogen and oxygen atoms in total. The van der Waals surface area contributed by atoms with Crippen molar-refractivity contribution in [3.63, 3.8) is 0 Å². The van der Waals surface area contributed by atoms with Gasteiger partial charge in [-0.05, 0) is 85.7 Å². The molecular formula is C34H48N4O6. The Labute approximate surface area is 260 Å². The number of carbonyl (C=O) groups excluding carboxylic acids is 5. The highest BCUT2D eigenvalue weighted by Gasteiger charge is 2.48. The van der Waals surface area contributed by atoms with Crippen LogP contribution in [0.3, 0.4) is 0 Å². The molecular weight excluding hydrogens is 560 g/mol. The zero-order chi connectivity index (χ0) is 31.5. The molecule has 4 aliphatic rings. The highest BCUT2D eigenvalue weighted by atomic mass is 16.6. The Bertz CT molecular complexity index is 1240. The van der Waals surface area contributed by atoms with Crippen molar-refractivity contribution in [3.05, 3.63) is 35.4 Å². The van der Waals surface area contributed by atoms with E-state index in [1.807, 2.05) is 26.0 Å². The van der Waals surface area contributed by atoms with E-state index in [9.17, 15) is 24.0 Å². The van der Waals surface area contributed by atoms with Gasteiger partial charge in [0.2, 0.25) is 17.6 Å². The number of rotatable bonds is 11. The number of fused-ring (bicyclic) bond motifs is 1. The first-order chi connectivity index (χ1) is 21.1. The van der Waals surface area contributed by atoms with E-state index in [0.717, 1.165) is 43.2 Å². The molecule has 0 radical (unpaired) electrons. The van der Waals surface area contributed by atoms with Crippen LogP contribution in [0.2, 0.25) is 0 Å². The van der Waals surface area contributed by atoms with Crippen molar-refractivity contribution in [3.8, 4) is 0 Å². The summed E-state index contributed by atoms with van der Waals surface area (Å²) in [6.45, 7) is 6.49. The predicted molar refractivity (Wildman–Crippen MR) is 164 cm³/mol. The molecule has 3 fully saturated rings. The van der Waals surface area contributed by atoms with Crippen LogP contribution in [-0.4, -0.2) is 72.3 Å². The number of amides is 4. The Kier molecular flexibility index (Phi) is 9.95. The number of benzene rings is 1. The largest absolute Gasteiger partial charge is 0.446 e. The molecule has 240 valence electrons. The second-order valence-electron chi connectivity index (χ2n) is 13.8. The lowest BCUT2D eigenvalue weighted by Crippen LogP contribution is -2.59. The van der Waals surface area contributed by atoms with Crippen molar-refractivity contribution >= 4 is 29.6 Å². The number of ether oxygens (including phenoxy) is 1. The quantitative estimate of drug-likeness (QED) is 0.331. The van der Waals surface area contributed by atoms with Crippen LogP contribution in [0.25, 0.3) is 0 Å². The summed E-state index contributed by atoms with van der Waals surface area (Å²) >= 11 is 0.